The van der Waals surface area contributed by atoms with Gasteiger partial charge in [-0.2, -0.15) is 5.26 Å². The average Bonchev–Trinajstić information content (AvgIpc) is 2.09. The third kappa shape index (κ3) is 1.74. The van der Waals surface area contributed by atoms with Crippen LogP contribution < -0.4 is 11.1 Å². The summed E-state index contributed by atoms with van der Waals surface area (Å²) >= 11 is 0. The molecular weight excluding hydrogens is 150 g/mol. The molecule has 0 atom stereocenters. The quantitative estimate of drug-likeness (QED) is 0.632. The normalized spacial score (nSPS) is 9.33. The van der Waals surface area contributed by atoms with Crippen molar-refractivity contribution in [2.24, 2.45) is 0 Å². The van der Waals surface area contributed by atoms with Crippen LogP contribution in [0.3, 0.4) is 0 Å². The van der Waals surface area contributed by atoms with Crippen molar-refractivity contribution in [2.75, 3.05) is 12.8 Å². The molecule has 1 aromatic rings. The Morgan fingerprint density at radius 1 is 1.58 bits per heavy atom. The third-order valence-corrected chi connectivity index (χ3v) is 1.64. The van der Waals surface area contributed by atoms with Gasteiger partial charge in [-0.1, -0.05) is 6.07 Å². The van der Waals surface area contributed by atoms with E-state index >= 15 is 0 Å². The van der Waals surface area contributed by atoms with Crippen LogP contribution in [-0.2, 0) is 6.54 Å². The summed E-state index contributed by atoms with van der Waals surface area (Å²) in [6, 6.07) is 7.36. The summed E-state index contributed by atoms with van der Waals surface area (Å²) in [5, 5.41) is 11.6. The van der Waals surface area contributed by atoms with Crippen LogP contribution in [0.5, 0.6) is 0 Å². The first-order valence-electron chi connectivity index (χ1n) is 3.71. The lowest BCUT2D eigenvalue weighted by molar-refractivity contribution is 0.820. The number of hydrogen-bond donors (Lipinski definition) is 2. The first kappa shape index (κ1) is 8.57. The Balaban J connectivity index is 2.97. The van der Waals surface area contributed by atoms with Crippen molar-refractivity contribution < 1.29 is 0 Å². The number of rotatable bonds is 2. The van der Waals surface area contributed by atoms with Gasteiger partial charge in [0.25, 0.3) is 0 Å². The largest absolute Gasteiger partial charge is 0.398 e. The van der Waals surface area contributed by atoms with Crippen LogP contribution in [0.2, 0.25) is 0 Å². The molecule has 0 aliphatic rings. The first-order valence-corrected chi connectivity index (χ1v) is 3.71. The van der Waals surface area contributed by atoms with E-state index in [0.29, 0.717) is 11.3 Å². The zero-order valence-corrected chi connectivity index (χ0v) is 6.96. The van der Waals surface area contributed by atoms with E-state index in [1.165, 1.54) is 0 Å². The second kappa shape index (κ2) is 3.74. The van der Waals surface area contributed by atoms with Gasteiger partial charge >= 0.3 is 0 Å². The van der Waals surface area contributed by atoms with Gasteiger partial charge < -0.3 is 11.1 Å². The Bertz CT molecular complexity index is 312. The predicted molar refractivity (Wildman–Crippen MR) is 48.3 cm³/mol. The number of nitrogens with two attached hydrogens (primary N) is 1. The molecule has 62 valence electrons. The average molecular weight is 161 g/mol. The maximum Gasteiger partial charge on any atom is 0.0992 e. The topological polar surface area (TPSA) is 61.8 Å². The number of benzene rings is 1. The molecule has 0 saturated carbocycles. The highest BCUT2D eigenvalue weighted by Gasteiger charge is 1.98. The van der Waals surface area contributed by atoms with Crippen LogP contribution in [0.25, 0.3) is 0 Å². The molecule has 0 heterocycles. The maximum atomic E-state index is 8.56. The highest BCUT2D eigenvalue weighted by atomic mass is 14.8. The summed E-state index contributed by atoms with van der Waals surface area (Å²) in [6.07, 6.45) is 0. The van der Waals surface area contributed by atoms with E-state index in [1.54, 1.807) is 12.1 Å². The van der Waals surface area contributed by atoms with Gasteiger partial charge in [0.05, 0.1) is 11.6 Å². The second-order valence-electron chi connectivity index (χ2n) is 2.56. The lowest BCUT2D eigenvalue weighted by atomic mass is 10.1. The molecule has 0 spiro atoms. The highest BCUT2D eigenvalue weighted by Crippen LogP contribution is 2.12. The number of nitrogen functional groups attached to an aromatic ring is 1. The molecule has 0 aliphatic heterocycles. The van der Waals surface area contributed by atoms with Gasteiger partial charge in [0, 0.05) is 12.2 Å². The first-order chi connectivity index (χ1) is 5.77. The lowest BCUT2D eigenvalue weighted by Crippen LogP contribution is -2.07. The van der Waals surface area contributed by atoms with Gasteiger partial charge in [0.1, 0.15) is 0 Å². The smallest absolute Gasteiger partial charge is 0.0992 e. The minimum absolute atomic E-state index is 0.604. The summed E-state index contributed by atoms with van der Waals surface area (Å²) in [6.45, 7) is 0.734. The van der Waals surface area contributed by atoms with Gasteiger partial charge in [-0.3, -0.25) is 0 Å². The molecule has 1 aromatic carbocycles. The zero-order chi connectivity index (χ0) is 8.97. The minimum atomic E-state index is 0.604. The fourth-order valence-electron chi connectivity index (χ4n) is 1.02. The lowest BCUT2D eigenvalue weighted by Gasteiger charge is -2.03. The molecule has 0 saturated heterocycles. The molecule has 0 radical (unpaired) electrons. The Kier molecular flexibility index (Phi) is 2.67. The summed E-state index contributed by atoms with van der Waals surface area (Å²) < 4.78 is 0. The summed E-state index contributed by atoms with van der Waals surface area (Å²) in [7, 11) is 1.86. The van der Waals surface area contributed by atoms with Gasteiger partial charge in [0.2, 0.25) is 0 Å². The van der Waals surface area contributed by atoms with E-state index in [1.807, 2.05) is 19.2 Å². The van der Waals surface area contributed by atoms with Crippen LogP contribution in [0.15, 0.2) is 18.2 Å². The van der Waals surface area contributed by atoms with Crippen LogP contribution in [0.4, 0.5) is 5.69 Å². The van der Waals surface area contributed by atoms with Crippen molar-refractivity contribution in [3.05, 3.63) is 29.3 Å². The number of anilines is 1. The molecule has 0 unspecified atom stereocenters. The predicted octanol–water partition coefficient (Wildman–Crippen LogP) is 0.860. The number of nitrogens with one attached hydrogen (secondary N) is 1. The van der Waals surface area contributed by atoms with Crippen molar-refractivity contribution >= 4 is 5.69 Å². The Labute approximate surface area is 71.8 Å². The summed E-state index contributed by atoms with van der Waals surface area (Å²) in [5.41, 5.74) is 7.99. The number of nitrogens with zero attached hydrogens (tertiary/aromatic N) is 1. The van der Waals surface area contributed by atoms with E-state index in [9.17, 15) is 0 Å². The molecule has 0 aliphatic carbocycles. The summed E-state index contributed by atoms with van der Waals surface area (Å²) in [4.78, 5) is 0. The van der Waals surface area contributed by atoms with Gasteiger partial charge in [-0.05, 0) is 24.7 Å². The van der Waals surface area contributed by atoms with Gasteiger partial charge in [-0.15, -0.1) is 0 Å². The van der Waals surface area contributed by atoms with Crippen molar-refractivity contribution in [2.45, 2.75) is 6.54 Å². The standard InChI is InChI=1S/C9H11N3/c1-12-6-8-3-2-7(5-10)4-9(8)11/h2-4,12H,6,11H2,1H3. The molecule has 0 amide bonds. The van der Waals surface area contributed by atoms with E-state index in [4.69, 9.17) is 11.0 Å². The van der Waals surface area contributed by atoms with Crippen molar-refractivity contribution in [3.8, 4) is 6.07 Å². The van der Waals surface area contributed by atoms with Crippen molar-refractivity contribution in [1.82, 2.24) is 5.32 Å². The molecule has 0 fully saturated rings. The molecule has 1 rings (SSSR count). The third-order valence-electron chi connectivity index (χ3n) is 1.64. The SMILES string of the molecule is CNCc1ccc(C#N)cc1N. The van der Waals surface area contributed by atoms with E-state index in [0.717, 1.165) is 12.1 Å². The molecule has 3 nitrogen and oxygen atoms in total. The molecule has 3 N–H and O–H groups in total. The van der Waals surface area contributed by atoms with Crippen molar-refractivity contribution in [3.63, 3.8) is 0 Å². The van der Waals surface area contributed by atoms with Crippen LogP contribution in [0, 0.1) is 11.3 Å². The Morgan fingerprint density at radius 3 is 2.83 bits per heavy atom. The van der Waals surface area contributed by atoms with Crippen molar-refractivity contribution in [1.29, 1.82) is 5.26 Å². The van der Waals surface area contributed by atoms with E-state index in [2.05, 4.69) is 5.32 Å². The van der Waals surface area contributed by atoms with E-state index in [-0.39, 0.29) is 0 Å². The molecule has 3 heteroatoms. The highest BCUT2D eigenvalue weighted by molar-refractivity contribution is 5.52. The van der Waals surface area contributed by atoms with Crippen LogP contribution >= 0.6 is 0 Å². The van der Waals surface area contributed by atoms with Gasteiger partial charge in [0.15, 0.2) is 0 Å². The number of nitriles is 1. The number of hydrogen-bond acceptors (Lipinski definition) is 3. The minimum Gasteiger partial charge on any atom is -0.398 e. The molecule has 0 aromatic heterocycles. The summed E-state index contributed by atoms with van der Waals surface area (Å²) in [5.74, 6) is 0. The zero-order valence-electron chi connectivity index (χ0n) is 6.96. The van der Waals surface area contributed by atoms with Crippen LogP contribution in [0.1, 0.15) is 11.1 Å². The maximum absolute atomic E-state index is 8.56. The molecule has 12 heavy (non-hydrogen) atoms. The Hall–Kier alpha value is -1.53. The second-order valence-corrected chi connectivity index (χ2v) is 2.56. The van der Waals surface area contributed by atoms with E-state index < -0.39 is 0 Å². The molecular formula is C9H11N3. The fraction of sp³-hybridized carbons (Fsp3) is 0.222. The monoisotopic (exact) mass is 161 g/mol. The fourth-order valence-corrected chi connectivity index (χ4v) is 1.02. The molecule has 0 bridgehead atoms. The Morgan fingerprint density at radius 2 is 2.33 bits per heavy atom. The van der Waals surface area contributed by atoms with Gasteiger partial charge in [-0.25, -0.2) is 0 Å². The van der Waals surface area contributed by atoms with Crippen LogP contribution in [-0.4, -0.2) is 7.05 Å².